The quantitative estimate of drug-likeness (QED) is 0.693. The summed E-state index contributed by atoms with van der Waals surface area (Å²) >= 11 is 6.06. The van der Waals surface area contributed by atoms with Crippen LogP contribution in [0.2, 0.25) is 5.02 Å². The molecule has 3 aromatic rings. The van der Waals surface area contributed by atoms with Crippen molar-refractivity contribution in [3.63, 3.8) is 0 Å². The standard InChI is InChI=1S/C20H18ClN3O3/c1-23(2)8-9-24-17(12-4-3-7-22-11-12)16-18(25)14-10-13(21)5-6-15(14)27-19(16)20(24)26/h3-7,10-11,17H,8-9H2,1-2H3/t17-/m0/s1. The van der Waals surface area contributed by atoms with Gasteiger partial charge in [-0.2, -0.15) is 0 Å². The van der Waals surface area contributed by atoms with Crippen molar-refractivity contribution in [2.75, 3.05) is 27.2 Å². The Balaban J connectivity index is 1.95. The zero-order chi connectivity index (χ0) is 19.1. The third-order valence-electron chi connectivity index (χ3n) is 4.72. The summed E-state index contributed by atoms with van der Waals surface area (Å²) in [4.78, 5) is 34.2. The fourth-order valence-corrected chi connectivity index (χ4v) is 3.59. The van der Waals surface area contributed by atoms with Gasteiger partial charge in [0.05, 0.1) is 17.0 Å². The van der Waals surface area contributed by atoms with E-state index in [0.29, 0.717) is 34.6 Å². The second-order valence-electron chi connectivity index (χ2n) is 6.81. The third kappa shape index (κ3) is 3.01. The van der Waals surface area contributed by atoms with E-state index in [2.05, 4.69) is 4.98 Å². The predicted octanol–water partition coefficient (Wildman–Crippen LogP) is 2.95. The van der Waals surface area contributed by atoms with Crippen LogP contribution < -0.4 is 5.43 Å². The van der Waals surface area contributed by atoms with Gasteiger partial charge in [-0.15, -0.1) is 0 Å². The van der Waals surface area contributed by atoms with E-state index in [-0.39, 0.29) is 17.1 Å². The molecule has 0 unspecified atom stereocenters. The van der Waals surface area contributed by atoms with Crippen molar-refractivity contribution >= 4 is 28.5 Å². The molecule has 0 N–H and O–H groups in total. The van der Waals surface area contributed by atoms with Crippen LogP contribution >= 0.6 is 11.6 Å². The highest BCUT2D eigenvalue weighted by molar-refractivity contribution is 6.31. The van der Waals surface area contributed by atoms with Gasteiger partial charge in [0.25, 0.3) is 5.91 Å². The number of fused-ring (bicyclic) bond motifs is 2. The summed E-state index contributed by atoms with van der Waals surface area (Å²) in [6, 6.07) is 7.97. The third-order valence-corrected chi connectivity index (χ3v) is 4.95. The molecule has 4 rings (SSSR count). The smallest absolute Gasteiger partial charge is 0.290 e. The van der Waals surface area contributed by atoms with Crippen molar-refractivity contribution in [3.05, 3.63) is 74.9 Å². The minimum Gasteiger partial charge on any atom is -0.450 e. The summed E-state index contributed by atoms with van der Waals surface area (Å²) in [6.45, 7) is 1.13. The second-order valence-corrected chi connectivity index (χ2v) is 7.24. The molecule has 1 atom stereocenters. The molecule has 2 aromatic heterocycles. The summed E-state index contributed by atoms with van der Waals surface area (Å²) in [7, 11) is 3.87. The molecule has 6 nitrogen and oxygen atoms in total. The number of halogens is 1. The fraction of sp³-hybridized carbons (Fsp3) is 0.250. The maximum Gasteiger partial charge on any atom is 0.290 e. The van der Waals surface area contributed by atoms with Gasteiger partial charge in [0.1, 0.15) is 5.58 Å². The number of likely N-dealkylation sites (N-methyl/N-ethyl adjacent to an activating group) is 1. The van der Waals surface area contributed by atoms with Gasteiger partial charge in [0.2, 0.25) is 5.76 Å². The molecular formula is C20H18ClN3O3. The van der Waals surface area contributed by atoms with Crippen molar-refractivity contribution in [1.82, 2.24) is 14.8 Å². The van der Waals surface area contributed by atoms with Gasteiger partial charge < -0.3 is 14.2 Å². The lowest BCUT2D eigenvalue weighted by molar-refractivity contribution is 0.0716. The van der Waals surface area contributed by atoms with E-state index in [9.17, 15) is 9.59 Å². The van der Waals surface area contributed by atoms with Gasteiger partial charge >= 0.3 is 0 Å². The minimum atomic E-state index is -0.527. The lowest BCUT2D eigenvalue weighted by Gasteiger charge is -2.26. The van der Waals surface area contributed by atoms with Gasteiger partial charge in [-0.25, -0.2) is 0 Å². The number of rotatable bonds is 4. The Hall–Kier alpha value is -2.70. The van der Waals surface area contributed by atoms with Crippen LogP contribution in [-0.4, -0.2) is 47.9 Å². The van der Waals surface area contributed by atoms with E-state index in [4.69, 9.17) is 16.0 Å². The molecule has 1 aromatic carbocycles. The molecule has 0 spiro atoms. The fourth-order valence-electron chi connectivity index (χ4n) is 3.42. The predicted molar refractivity (Wildman–Crippen MR) is 103 cm³/mol. The van der Waals surface area contributed by atoms with Crippen LogP contribution in [0, 0.1) is 0 Å². The van der Waals surface area contributed by atoms with Gasteiger partial charge in [-0.3, -0.25) is 14.6 Å². The van der Waals surface area contributed by atoms with E-state index < -0.39 is 6.04 Å². The van der Waals surface area contributed by atoms with Crippen LogP contribution in [0.3, 0.4) is 0 Å². The number of carbonyl (C=O) groups excluding carboxylic acids is 1. The highest BCUT2D eigenvalue weighted by atomic mass is 35.5. The van der Waals surface area contributed by atoms with Crippen LogP contribution in [0.4, 0.5) is 0 Å². The van der Waals surface area contributed by atoms with Gasteiger partial charge in [-0.1, -0.05) is 17.7 Å². The molecule has 0 radical (unpaired) electrons. The average Bonchev–Trinajstić information content (AvgIpc) is 2.94. The molecule has 27 heavy (non-hydrogen) atoms. The summed E-state index contributed by atoms with van der Waals surface area (Å²) in [5.74, 6) is -0.183. The normalized spacial score (nSPS) is 16.4. The number of hydrogen-bond donors (Lipinski definition) is 0. The molecule has 1 aliphatic rings. The molecule has 7 heteroatoms. The first-order chi connectivity index (χ1) is 13.0. The van der Waals surface area contributed by atoms with Crippen LogP contribution in [0.15, 0.2) is 51.9 Å². The van der Waals surface area contributed by atoms with Crippen LogP contribution in [-0.2, 0) is 0 Å². The molecular weight excluding hydrogens is 366 g/mol. The number of pyridine rings is 1. The largest absolute Gasteiger partial charge is 0.450 e. The Labute approximate surface area is 161 Å². The minimum absolute atomic E-state index is 0.0995. The Morgan fingerprint density at radius 3 is 2.78 bits per heavy atom. The van der Waals surface area contributed by atoms with Crippen molar-refractivity contribution in [3.8, 4) is 0 Å². The molecule has 0 saturated carbocycles. The molecule has 3 heterocycles. The maximum absolute atomic E-state index is 13.3. The Bertz CT molecular complexity index is 1080. The monoisotopic (exact) mass is 383 g/mol. The molecule has 1 amide bonds. The van der Waals surface area contributed by atoms with E-state index in [1.807, 2.05) is 25.1 Å². The molecule has 0 aliphatic carbocycles. The topological polar surface area (TPSA) is 66.7 Å². The number of benzene rings is 1. The lowest BCUT2D eigenvalue weighted by Crippen LogP contribution is -2.35. The number of nitrogens with zero attached hydrogens (tertiary/aromatic N) is 3. The lowest BCUT2D eigenvalue weighted by atomic mass is 10.00. The first-order valence-electron chi connectivity index (χ1n) is 8.59. The van der Waals surface area contributed by atoms with Crippen LogP contribution in [0.1, 0.15) is 27.7 Å². The van der Waals surface area contributed by atoms with Crippen LogP contribution in [0.25, 0.3) is 11.0 Å². The summed E-state index contributed by atoms with van der Waals surface area (Å²) in [5.41, 5.74) is 1.25. The van der Waals surface area contributed by atoms with Gasteiger partial charge in [0.15, 0.2) is 5.43 Å². The molecule has 0 fully saturated rings. The summed E-state index contributed by atoms with van der Waals surface area (Å²) in [5, 5.41) is 0.818. The van der Waals surface area contributed by atoms with Crippen LogP contribution in [0.5, 0.6) is 0 Å². The van der Waals surface area contributed by atoms with E-state index in [1.54, 1.807) is 41.6 Å². The number of aromatic nitrogens is 1. The van der Waals surface area contributed by atoms with E-state index >= 15 is 0 Å². The zero-order valence-corrected chi connectivity index (χ0v) is 15.7. The number of carbonyl (C=O) groups is 1. The van der Waals surface area contributed by atoms with E-state index in [1.165, 1.54) is 0 Å². The number of amides is 1. The Morgan fingerprint density at radius 1 is 1.26 bits per heavy atom. The highest BCUT2D eigenvalue weighted by Crippen LogP contribution is 2.37. The molecule has 138 valence electrons. The zero-order valence-electron chi connectivity index (χ0n) is 15.0. The molecule has 0 saturated heterocycles. The number of hydrogen-bond acceptors (Lipinski definition) is 5. The van der Waals surface area contributed by atoms with Crippen molar-refractivity contribution in [1.29, 1.82) is 0 Å². The Morgan fingerprint density at radius 2 is 2.07 bits per heavy atom. The first-order valence-corrected chi connectivity index (χ1v) is 8.97. The SMILES string of the molecule is CN(C)CCN1C(=O)c2oc3ccc(Cl)cc3c(=O)c2[C@@H]1c1cccnc1. The second kappa shape index (κ2) is 6.79. The van der Waals surface area contributed by atoms with Gasteiger partial charge in [-0.05, 0) is 43.9 Å². The van der Waals surface area contributed by atoms with Crippen molar-refractivity contribution < 1.29 is 9.21 Å². The summed E-state index contributed by atoms with van der Waals surface area (Å²) in [6.07, 6.45) is 3.34. The van der Waals surface area contributed by atoms with E-state index in [0.717, 1.165) is 5.56 Å². The Kier molecular flexibility index (Phi) is 4.45. The average molecular weight is 384 g/mol. The summed E-state index contributed by atoms with van der Waals surface area (Å²) < 4.78 is 5.86. The van der Waals surface area contributed by atoms with Gasteiger partial charge in [0, 0.05) is 30.5 Å². The highest BCUT2D eigenvalue weighted by Gasteiger charge is 2.42. The first kappa shape index (κ1) is 17.7. The molecule has 0 bridgehead atoms. The molecule has 1 aliphatic heterocycles. The maximum atomic E-state index is 13.3. The van der Waals surface area contributed by atoms with Crippen molar-refractivity contribution in [2.45, 2.75) is 6.04 Å². The van der Waals surface area contributed by atoms with Crippen molar-refractivity contribution in [2.24, 2.45) is 0 Å².